The number of benzene rings is 2. The monoisotopic (exact) mass is 368 g/mol. The number of carbonyl (C=O) groups excluding carboxylic acids is 3. The molecular weight excluding hydrogens is 344 g/mol. The molecule has 2 rings (SSSR count). The molecule has 2 aromatic rings. The first-order valence-corrected chi connectivity index (χ1v) is 8.91. The zero-order valence-corrected chi connectivity index (χ0v) is 15.5. The number of nitrogens with one attached hydrogen (secondary N) is 2. The molecule has 0 spiro atoms. The van der Waals surface area contributed by atoms with Gasteiger partial charge in [0.1, 0.15) is 0 Å². The van der Waals surface area contributed by atoms with Gasteiger partial charge in [0.05, 0.1) is 17.3 Å². The molecule has 142 valence electrons. The topological polar surface area (TPSA) is 84.5 Å². The maximum atomic E-state index is 12.6. The van der Waals surface area contributed by atoms with Gasteiger partial charge in [0.15, 0.2) is 6.61 Å². The lowest BCUT2D eigenvalue weighted by molar-refractivity contribution is -0.147. The summed E-state index contributed by atoms with van der Waals surface area (Å²) in [5, 5.41) is 5.54. The first-order chi connectivity index (χ1) is 13.0. The van der Waals surface area contributed by atoms with E-state index in [1.54, 1.807) is 24.3 Å². The highest BCUT2D eigenvalue weighted by Crippen LogP contribution is 2.18. The van der Waals surface area contributed by atoms with Crippen LogP contribution in [0.3, 0.4) is 0 Å². The van der Waals surface area contributed by atoms with Crippen molar-refractivity contribution in [3.63, 3.8) is 0 Å². The Bertz CT molecular complexity index is 790. The van der Waals surface area contributed by atoms with Crippen LogP contribution < -0.4 is 10.6 Å². The Morgan fingerprint density at radius 2 is 1.67 bits per heavy atom. The third kappa shape index (κ3) is 6.26. The molecule has 0 aliphatic rings. The van der Waals surface area contributed by atoms with Crippen LogP contribution in [0.5, 0.6) is 0 Å². The highest BCUT2D eigenvalue weighted by atomic mass is 16.5. The van der Waals surface area contributed by atoms with Crippen molar-refractivity contribution >= 4 is 23.5 Å². The SMILES string of the molecule is CCCC(=O)OCC(=O)Nc1ccccc1C(=O)N[C@H](C)c1ccccc1. The van der Waals surface area contributed by atoms with Crippen LogP contribution in [0.15, 0.2) is 54.6 Å². The number of hydrogen-bond donors (Lipinski definition) is 2. The predicted molar refractivity (Wildman–Crippen MR) is 103 cm³/mol. The standard InChI is InChI=1S/C21H24N2O4/c1-3-9-20(25)27-14-19(24)23-18-13-8-7-12-17(18)21(26)22-15(2)16-10-5-4-6-11-16/h4-8,10-13,15H,3,9,14H2,1-2H3,(H,22,26)(H,23,24)/t15-/m1/s1. The Kier molecular flexibility index (Phi) is 7.55. The summed E-state index contributed by atoms with van der Waals surface area (Å²) in [5.74, 6) is -1.21. The predicted octanol–water partition coefficient (Wildman–Crippen LogP) is 3.46. The molecule has 0 unspecified atom stereocenters. The van der Waals surface area contributed by atoms with E-state index in [0.29, 0.717) is 17.7 Å². The third-order valence-electron chi connectivity index (χ3n) is 3.91. The number of amides is 2. The molecule has 2 amide bonds. The van der Waals surface area contributed by atoms with Crippen molar-refractivity contribution in [2.24, 2.45) is 0 Å². The number of hydrogen-bond acceptors (Lipinski definition) is 4. The van der Waals surface area contributed by atoms with Gasteiger partial charge in [-0.2, -0.15) is 0 Å². The third-order valence-corrected chi connectivity index (χ3v) is 3.91. The Balaban J connectivity index is 2.01. The minimum atomic E-state index is -0.490. The average Bonchev–Trinajstić information content (AvgIpc) is 2.67. The van der Waals surface area contributed by atoms with Gasteiger partial charge in [-0.3, -0.25) is 14.4 Å². The molecule has 0 bridgehead atoms. The van der Waals surface area contributed by atoms with Crippen molar-refractivity contribution in [3.8, 4) is 0 Å². The van der Waals surface area contributed by atoms with Gasteiger partial charge < -0.3 is 15.4 Å². The van der Waals surface area contributed by atoms with Gasteiger partial charge >= 0.3 is 5.97 Å². The molecule has 0 saturated heterocycles. The summed E-state index contributed by atoms with van der Waals surface area (Å²) in [4.78, 5) is 36.0. The lowest BCUT2D eigenvalue weighted by Crippen LogP contribution is -2.28. The number of ether oxygens (including phenoxy) is 1. The van der Waals surface area contributed by atoms with Crippen LogP contribution in [0.25, 0.3) is 0 Å². The fraction of sp³-hybridized carbons (Fsp3) is 0.286. The van der Waals surface area contributed by atoms with E-state index < -0.39 is 11.9 Å². The second-order valence-corrected chi connectivity index (χ2v) is 6.11. The highest BCUT2D eigenvalue weighted by Gasteiger charge is 2.16. The van der Waals surface area contributed by atoms with Crippen LogP contribution in [0, 0.1) is 0 Å². The summed E-state index contributed by atoms with van der Waals surface area (Å²) < 4.78 is 4.89. The van der Waals surface area contributed by atoms with Gasteiger partial charge in [0.2, 0.25) is 0 Å². The van der Waals surface area contributed by atoms with Gasteiger partial charge in [-0.1, -0.05) is 49.4 Å². The number of para-hydroxylation sites is 1. The Hall–Kier alpha value is -3.15. The summed E-state index contributed by atoms with van der Waals surface area (Å²) >= 11 is 0. The molecule has 6 heteroatoms. The fourth-order valence-electron chi connectivity index (χ4n) is 2.50. The maximum absolute atomic E-state index is 12.6. The molecule has 0 aliphatic carbocycles. The zero-order chi connectivity index (χ0) is 19.6. The first-order valence-electron chi connectivity index (χ1n) is 8.91. The summed E-state index contributed by atoms with van der Waals surface area (Å²) in [7, 11) is 0. The lowest BCUT2D eigenvalue weighted by atomic mass is 10.1. The van der Waals surface area contributed by atoms with Gasteiger partial charge in [-0.25, -0.2) is 0 Å². The molecule has 1 atom stereocenters. The molecule has 0 aliphatic heterocycles. The summed E-state index contributed by atoms with van der Waals surface area (Å²) in [6, 6.07) is 16.1. The van der Waals surface area contributed by atoms with Crippen molar-refractivity contribution in [1.82, 2.24) is 5.32 Å². The van der Waals surface area contributed by atoms with E-state index in [4.69, 9.17) is 4.74 Å². The largest absolute Gasteiger partial charge is 0.456 e. The van der Waals surface area contributed by atoms with Crippen LogP contribution in [0.2, 0.25) is 0 Å². The zero-order valence-electron chi connectivity index (χ0n) is 15.5. The van der Waals surface area contributed by atoms with E-state index >= 15 is 0 Å². The van der Waals surface area contributed by atoms with Crippen molar-refractivity contribution in [2.45, 2.75) is 32.7 Å². The lowest BCUT2D eigenvalue weighted by Gasteiger charge is -2.16. The molecule has 2 aromatic carbocycles. The van der Waals surface area contributed by atoms with E-state index in [1.807, 2.05) is 44.2 Å². The van der Waals surface area contributed by atoms with Crippen LogP contribution in [0.4, 0.5) is 5.69 Å². The van der Waals surface area contributed by atoms with Crippen LogP contribution in [0.1, 0.15) is 48.7 Å². The summed E-state index contributed by atoms with van der Waals surface area (Å²) in [6.07, 6.45) is 0.923. The van der Waals surface area contributed by atoms with E-state index in [9.17, 15) is 14.4 Å². The molecule has 0 aromatic heterocycles. The maximum Gasteiger partial charge on any atom is 0.306 e. The number of carbonyl (C=O) groups is 3. The van der Waals surface area contributed by atoms with Gasteiger partial charge in [0, 0.05) is 6.42 Å². The summed E-state index contributed by atoms with van der Waals surface area (Å²) in [5.41, 5.74) is 1.69. The number of anilines is 1. The summed E-state index contributed by atoms with van der Waals surface area (Å²) in [6.45, 7) is 3.36. The van der Waals surface area contributed by atoms with Crippen molar-refractivity contribution in [1.29, 1.82) is 0 Å². The molecule has 2 N–H and O–H groups in total. The van der Waals surface area contributed by atoms with Gasteiger partial charge in [0.25, 0.3) is 11.8 Å². The second-order valence-electron chi connectivity index (χ2n) is 6.11. The Morgan fingerprint density at radius 3 is 2.37 bits per heavy atom. The average molecular weight is 368 g/mol. The van der Waals surface area contributed by atoms with Crippen LogP contribution >= 0.6 is 0 Å². The Morgan fingerprint density at radius 1 is 1.00 bits per heavy atom. The van der Waals surface area contributed by atoms with E-state index in [0.717, 1.165) is 5.56 Å². The second kappa shape index (κ2) is 10.1. The van der Waals surface area contributed by atoms with Gasteiger partial charge in [-0.15, -0.1) is 0 Å². The quantitative estimate of drug-likeness (QED) is 0.699. The Labute approximate surface area is 158 Å². The van der Waals surface area contributed by atoms with Crippen molar-refractivity contribution < 1.29 is 19.1 Å². The van der Waals surface area contributed by atoms with E-state index in [-0.39, 0.29) is 25.0 Å². The molecule has 6 nitrogen and oxygen atoms in total. The molecular formula is C21H24N2O4. The normalized spacial score (nSPS) is 11.3. The number of rotatable bonds is 8. The molecule has 0 saturated carbocycles. The minimum Gasteiger partial charge on any atom is -0.456 e. The molecule has 0 fully saturated rings. The number of esters is 1. The van der Waals surface area contributed by atoms with Gasteiger partial charge in [-0.05, 0) is 31.0 Å². The van der Waals surface area contributed by atoms with E-state index in [1.165, 1.54) is 0 Å². The van der Waals surface area contributed by atoms with Crippen LogP contribution in [-0.4, -0.2) is 24.4 Å². The van der Waals surface area contributed by atoms with E-state index in [2.05, 4.69) is 10.6 Å². The minimum absolute atomic E-state index is 0.183. The van der Waals surface area contributed by atoms with Crippen LogP contribution in [-0.2, 0) is 14.3 Å². The van der Waals surface area contributed by atoms with Crippen molar-refractivity contribution in [3.05, 3.63) is 65.7 Å². The fourth-order valence-corrected chi connectivity index (χ4v) is 2.50. The van der Waals surface area contributed by atoms with Crippen molar-refractivity contribution in [2.75, 3.05) is 11.9 Å². The smallest absolute Gasteiger partial charge is 0.306 e. The first kappa shape index (κ1) is 20.2. The molecule has 0 radical (unpaired) electrons. The highest BCUT2D eigenvalue weighted by molar-refractivity contribution is 6.04. The molecule has 0 heterocycles. The molecule has 27 heavy (non-hydrogen) atoms.